The summed E-state index contributed by atoms with van der Waals surface area (Å²) in [6, 6.07) is 0. The summed E-state index contributed by atoms with van der Waals surface area (Å²) >= 11 is 0. The Balaban J connectivity index is 4.31. The predicted octanol–water partition coefficient (Wildman–Crippen LogP) is 20.8. The second-order valence-corrected chi connectivity index (χ2v) is 20.6. The van der Waals surface area contributed by atoms with Crippen molar-refractivity contribution in [1.82, 2.24) is 0 Å². The molecule has 0 radical (unpaired) electrons. The van der Waals surface area contributed by atoms with Crippen molar-refractivity contribution in [3.8, 4) is 0 Å². The van der Waals surface area contributed by atoms with Crippen LogP contribution in [-0.4, -0.2) is 37.2 Å². The lowest BCUT2D eigenvalue weighted by molar-refractivity contribution is -0.167. The molecule has 0 bridgehead atoms. The van der Waals surface area contributed by atoms with E-state index in [-0.39, 0.29) is 31.1 Å². The molecule has 412 valence electrons. The third-order valence-electron chi connectivity index (χ3n) is 13.4. The van der Waals surface area contributed by atoms with Crippen LogP contribution in [0.4, 0.5) is 0 Å². The Morgan fingerprint density at radius 1 is 0.282 bits per heavy atom. The zero-order chi connectivity index (χ0) is 51.4. The molecular formula is C65H116O6. The van der Waals surface area contributed by atoms with Gasteiger partial charge in [-0.3, -0.25) is 14.4 Å². The zero-order valence-electron chi connectivity index (χ0n) is 47.2. The molecule has 0 aromatic carbocycles. The van der Waals surface area contributed by atoms with Gasteiger partial charge in [0.1, 0.15) is 13.2 Å². The maximum atomic E-state index is 12.9. The first-order chi connectivity index (χ1) is 35.0. The third-order valence-corrected chi connectivity index (χ3v) is 13.4. The predicted molar refractivity (Wildman–Crippen MR) is 307 cm³/mol. The Bertz CT molecular complexity index is 1280. The van der Waals surface area contributed by atoms with Crippen molar-refractivity contribution < 1.29 is 28.6 Å². The number of hydrogen-bond acceptors (Lipinski definition) is 6. The summed E-state index contributed by atoms with van der Waals surface area (Å²) < 4.78 is 16.9. The molecule has 0 saturated heterocycles. The van der Waals surface area contributed by atoms with E-state index in [2.05, 4.69) is 81.5 Å². The van der Waals surface area contributed by atoms with Crippen molar-refractivity contribution in [2.45, 2.75) is 322 Å². The second-order valence-electron chi connectivity index (χ2n) is 20.6. The van der Waals surface area contributed by atoms with Gasteiger partial charge in [0.15, 0.2) is 6.10 Å². The average Bonchev–Trinajstić information content (AvgIpc) is 3.37. The summed E-state index contributed by atoms with van der Waals surface area (Å²) in [6.07, 6.45) is 75.0. The lowest BCUT2D eigenvalue weighted by Gasteiger charge is -2.18. The van der Waals surface area contributed by atoms with Gasteiger partial charge in [-0.25, -0.2) is 0 Å². The SMILES string of the molecule is CCC/C=C\C/C=C\CCCCCCCC(=O)OCC(COC(=O)CCCCCCCCCCCCC/C=C\C/C=C\CCCCCCC)OC(=O)CCCCCCCCC/C=C\CCCCCCCC. The topological polar surface area (TPSA) is 78.9 Å². The second kappa shape index (κ2) is 59.7. The van der Waals surface area contributed by atoms with Crippen LogP contribution in [-0.2, 0) is 28.6 Å². The van der Waals surface area contributed by atoms with Crippen molar-refractivity contribution in [3.63, 3.8) is 0 Å². The van der Waals surface area contributed by atoms with E-state index >= 15 is 0 Å². The number of allylic oxidation sites excluding steroid dienone is 10. The highest BCUT2D eigenvalue weighted by Crippen LogP contribution is 2.16. The number of unbranched alkanes of at least 4 members (excludes halogenated alkanes) is 35. The number of hydrogen-bond donors (Lipinski definition) is 0. The van der Waals surface area contributed by atoms with Crippen LogP contribution in [0.5, 0.6) is 0 Å². The zero-order valence-corrected chi connectivity index (χ0v) is 47.2. The van der Waals surface area contributed by atoms with Crippen molar-refractivity contribution in [2.24, 2.45) is 0 Å². The Hall–Kier alpha value is -2.89. The largest absolute Gasteiger partial charge is 0.462 e. The quantitative estimate of drug-likeness (QED) is 0.0261. The van der Waals surface area contributed by atoms with E-state index in [1.807, 2.05) is 0 Å². The van der Waals surface area contributed by atoms with Crippen LogP contribution >= 0.6 is 0 Å². The minimum atomic E-state index is -0.783. The third kappa shape index (κ3) is 57.9. The highest BCUT2D eigenvalue weighted by atomic mass is 16.6. The molecule has 1 atom stereocenters. The molecule has 0 amide bonds. The van der Waals surface area contributed by atoms with E-state index < -0.39 is 6.10 Å². The summed E-state index contributed by atoms with van der Waals surface area (Å²) in [5.74, 6) is -0.888. The number of ether oxygens (including phenoxy) is 3. The van der Waals surface area contributed by atoms with Crippen molar-refractivity contribution in [1.29, 1.82) is 0 Å². The monoisotopic (exact) mass is 993 g/mol. The average molecular weight is 994 g/mol. The summed E-state index contributed by atoms with van der Waals surface area (Å²) in [4.78, 5) is 38.2. The molecule has 0 spiro atoms. The Labute approximate surface area is 440 Å². The van der Waals surface area contributed by atoms with Crippen molar-refractivity contribution >= 4 is 17.9 Å². The number of esters is 3. The fourth-order valence-corrected chi connectivity index (χ4v) is 8.80. The highest BCUT2D eigenvalue weighted by molar-refractivity contribution is 5.71. The Morgan fingerprint density at radius 3 is 0.845 bits per heavy atom. The van der Waals surface area contributed by atoms with Gasteiger partial charge < -0.3 is 14.2 Å². The molecule has 0 fully saturated rings. The summed E-state index contributed by atoms with van der Waals surface area (Å²) in [5.41, 5.74) is 0. The standard InChI is InChI=1S/C65H116O6/c1-4-7-10-13-16-19-22-25-27-29-30-31-32-33-34-36-37-40-43-46-49-52-55-58-64(67)70-61-62(60-69-63(66)57-54-51-48-45-42-39-24-21-18-15-12-9-6-3)71-65(68)59-56-53-50-47-44-41-38-35-28-26-23-20-17-14-11-8-5-2/h12,15,21-22,24-26,28-30,62H,4-11,13-14,16-20,23,27,31-61H2,1-3H3/b15-12-,24-21-,25-22-,28-26-,30-29-. The van der Waals surface area contributed by atoms with E-state index in [9.17, 15) is 14.4 Å². The smallest absolute Gasteiger partial charge is 0.306 e. The molecule has 0 aromatic heterocycles. The molecule has 0 aliphatic rings. The number of carbonyl (C=O) groups is 3. The molecule has 0 N–H and O–H groups in total. The fourth-order valence-electron chi connectivity index (χ4n) is 8.80. The maximum Gasteiger partial charge on any atom is 0.306 e. The minimum Gasteiger partial charge on any atom is -0.462 e. The van der Waals surface area contributed by atoms with Crippen molar-refractivity contribution in [2.75, 3.05) is 13.2 Å². The molecule has 0 saturated carbocycles. The molecule has 0 aliphatic heterocycles. The highest BCUT2D eigenvalue weighted by Gasteiger charge is 2.19. The van der Waals surface area contributed by atoms with E-state index in [4.69, 9.17) is 14.2 Å². The molecular weight excluding hydrogens is 877 g/mol. The van der Waals surface area contributed by atoms with Crippen LogP contribution in [0.25, 0.3) is 0 Å². The van der Waals surface area contributed by atoms with Crippen molar-refractivity contribution in [3.05, 3.63) is 60.8 Å². The molecule has 6 heteroatoms. The van der Waals surface area contributed by atoms with Crippen LogP contribution in [0.3, 0.4) is 0 Å². The van der Waals surface area contributed by atoms with Crippen LogP contribution in [0.1, 0.15) is 316 Å². The van der Waals surface area contributed by atoms with Crippen LogP contribution < -0.4 is 0 Å². The first kappa shape index (κ1) is 68.1. The lowest BCUT2D eigenvalue weighted by atomic mass is 10.0. The molecule has 0 rings (SSSR count). The summed E-state index contributed by atoms with van der Waals surface area (Å²) in [6.45, 7) is 6.58. The summed E-state index contributed by atoms with van der Waals surface area (Å²) in [5, 5.41) is 0. The van der Waals surface area contributed by atoms with Crippen LogP contribution in [0.15, 0.2) is 60.8 Å². The van der Waals surface area contributed by atoms with Gasteiger partial charge in [0.05, 0.1) is 0 Å². The maximum absolute atomic E-state index is 12.9. The van der Waals surface area contributed by atoms with E-state index in [0.717, 1.165) is 89.9 Å². The van der Waals surface area contributed by atoms with Gasteiger partial charge in [-0.1, -0.05) is 255 Å². The van der Waals surface area contributed by atoms with Gasteiger partial charge >= 0.3 is 17.9 Å². The van der Waals surface area contributed by atoms with Gasteiger partial charge in [-0.15, -0.1) is 0 Å². The summed E-state index contributed by atoms with van der Waals surface area (Å²) in [7, 11) is 0. The van der Waals surface area contributed by atoms with Gasteiger partial charge in [-0.2, -0.15) is 0 Å². The molecule has 71 heavy (non-hydrogen) atoms. The van der Waals surface area contributed by atoms with Gasteiger partial charge in [0.2, 0.25) is 0 Å². The first-order valence-electron chi connectivity index (χ1n) is 30.8. The van der Waals surface area contributed by atoms with Gasteiger partial charge in [-0.05, 0) is 103 Å². The molecule has 0 aliphatic carbocycles. The molecule has 0 aromatic rings. The molecule has 6 nitrogen and oxygen atoms in total. The van der Waals surface area contributed by atoms with E-state index in [1.54, 1.807) is 0 Å². The Morgan fingerprint density at radius 2 is 0.535 bits per heavy atom. The van der Waals surface area contributed by atoms with Crippen LogP contribution in [0, 0.1) is 0 Å². The normalized spacial score (nSPS) is 12.4. The first-order valence-corrected chi connectivity index (χ1v) is 30.8. The fraction of sp³-hybridized carbons (Fsp3) is 0.800. The number of rotatable bonds is 56. The Kier molecular flexibility index (Phi) is 57.2. The molecule has 1 unspecified atom stereocenters. The van der Waals surface area contributed by atoms with Gasteiger partial charge in [0.25, 0.3) is 0 Å². The number of carbonyl (C=O) groups excluding carboxylic acids is 3. The lowest BCUT2D eigenvalue weighted by Crippen LogP contribution is -2.30. The van der Waals surface area contributed by atoms with Crippen LogP contribution in [0.2, 0.25) is 0 Å². The molecule has 0 heterocycles. The van der Waals surface area contributed by atoms with E-state index in [1.165, 1.54) is 186 Å². The van der Waals surface area contributed by atoms with Gasteiger partial charge in [0, 0.05) is 19.3 Å². The van der Waals surface area contributed by atoms with E-state index in [0.29, 0.717) is 19.3 Å². The minimum absolute atomic E-state index is 0.0801.